The fourth-order valence-corrected chi connectivity index (χ4v) is 2.26. The molecule has 1 aromatic rings. The van der Waals surface area contributed by atoms with Crippen LogP contribution in [0.5, 0.6) is 5.75 Å². The Bertz CT molecular complexity index is 381. The minimum Gasteiger partial charge on any atom is -0.494 e. The number of ether oxygens (including phenoxy) is 1. The van der Waals surface area contributed by atoms with Gasteiger partial charge in [0.25, 0.3) is 0 Å². The van der Waals surface area contributed by atoms with E-state index < -0.39 is 0 Å². The summed E-state index contributed by atoms with van der Waals surface area (Å²) in [6.07, 6.45) is 2.12. The van der Waals surface area contributed by atoms with Crippen LogP contribution in [0.15, 0.2) is 18.2 Å². The maximum absolute atomic E-state index is 6.00. The second-order valence-electron chi connectivity index (χ2n) is 4.49. The van der Waals surface area contributed by atoms with Crippen LogP contribution in [0.2, 0.25) is 5.02 Å². The summed E-state index contributed by atoms with van der Waals surface area (Å²) in [6.45, 7) is 3.44. The Morgan fingerprint density at radius 2 is 2.17 bits per heavy atom. The van der Waals surface area contributed by atoms with Gasteiger partial charge in [-0.3, -0.25) is 0 Å². The van der Waals surface area contributed by atoms with Gasteiger partial charge >= 0.3 is 0 Å². The van der Waals surface area contributed by atoms with Crippen molar-refractivity contribution < 1.29 is 4.74 Å². The lowest BCUT2D eigenvalue weighted by Crippen LogP contribution is -2.48. The molecule has 0 bridgehead atoms. The molecule has 3 N–H and O–H groups in total. The molecule has 18 heavy (non-hydrogen) atoms. The minimum absolute atomic E-state index is 0. The molecule has 0 atom stereocenters. The standard InChI is InChI=1S/C13H19ClN2O.ClH/c1-2-17-13-4-3-10(14)5-9(13)8-16-12-6-11(15)7-12;/h3-5,11-12,16H,2,6-8,15H2,1H3;1H. The fourth-order valence-electron chi connectivity index (χ4n) is 2.07. The van der Waals surface area contributed by atoms with Crippen LogP contribution in [0.1, 0.15) is 25.3 Å². The maximum atomic E-state index is 6.00. The summed E-state index contributed by atoms with van der Waals surface area (Å²) < 4.78 is 5.57. The van der Waals surface area contributed by atoms with Gasteiger partial charge in [-0.2, -0.15) is 0 Å². The first-order chi connectivity index (χ1) is 8.19. The Morgan fingerprint density at radius 1 is 1.44 bits per heavy atom. The van der Waals surface area contributed by atoms with Gasteiger partial charge in [-0.05, 0) is 38.0 Å². The molecule has 1 aliphatic rings. The number of hydrogen-bond donors (Lipinski definition) is 2. The molecular weight excluding hydrogens is 271 g/mol. The molecule has 2 rings (SSSR count). The highest BCUT2D eigenvalue weighted by Crippen LogP contribution is 2.24. The van der Waals surface area contributed by atoms with E-state index in [0.717, 1.165) is 35.7 Å². The Hall–Kier alpha value is -0.480. The lowest BCUT2D eigenvalue weighted by molar-refractivity contribution is 0.287. The monoisotopic (exact) mass is 290 g/mol. The second kappa shape index (κ2) is 7.19. The van der Waals surface area contributed by atoms with Crippen molar-refractivity contribution in [2.24, 2.45) is 5.73 Å². The molecule has 3 nitrogen and oxygen atoms in total. The van der Waals surface area contributed by atoms with Crippen LogP contribution in [-0.4, -0.2) is 18.7 Å². The van der Waals surface area contributed by atoms with Crippen LogP contribution in [0.25, 0.3) is 0 Å². The molecule has 1 saturated carbocycles. The SMILES string of the molecule is CCOc1ccc(Cl)cc1CNC1CC(N)C1.Cl. The molecule has 0 heterocycles. The van der Waals surface area contributed by atoms with E-state index in [4.69, 9.17) is 22.1 Å². The van der Waals surface area contributed by atoms with E-state index in [1.807, 2.05) is 25.1 Å². The summed E-state index contributed by atoms with van der Waals surface area (Å²) >= 11 is 6.00. The zero-order chi connectivity index (χ0) is 12.3. The third kappa shape index (κ3) is 4.02. The van der Waals surface area contributed by atoms with Crippen molar-refractivity contribution in [3.05, 3.63) is 28.8 Å². The molecule has 1 aromatic carbocycles. The van der Waals surface area contributed by atoms with Gasteiger partial charge in [0.05, 0.1) is 6.61 Å². The van der Waals surface area contributed by atoms with E-state index in [1.165, 1.54) is 0 Å². The molecule has 0 spiro atoms. The number of benzene rings is 1. The van der Waals surface area contributed by atoms with Crippen molar-refractivity contribution >= 4 is 24.0 Å². The predicted molar refractivity (Wildman–Crippen MR) is 77.7 cm³/mol. The largest absolute Gasteiger partial charge is 0.494 e. The smallest absolute Gasteiger partial charge is 0.123 e. The molecule has 0 unspecified atom stereocenters. The Balaban J connectivity index is 0.00000162. The topological polar surface area (TPSA) is 47.3 Å². The molecular formula is C13H20Cl2N2O. The van der Waals surface area contributed by atoms with E-state index in [9.17, 15) is 0 Å². The van der Waals surface area contributed by atoms with Gasteiger partial charge in [-0.15, -0.1) is 12.4 Å². The van der Waals surface area contributed by atoms with Crippen molar-refractivity contribution in [1.82, 2.24) is 5.32 Å². The number of nitrogens with two attached hydrogens (primary N) is 1. The molecule has 0 amide bonds. The molecule has 5 heteroatoms. The van der Waals surface area contributed by atoms with Crippen molar-refractivity contribution in [2.75, 3.05) is 6.61 Å². The molecule has 0 saturated heterocycles. The first kappa shape index (κ1) is 15.6. The molecule has 1 fully saturated rings. The number of rotatable bonds is 5. The Kier molecular flexibility index (Phi) is 6.22. The van der Waals surface area contributed by atoms with Crippen LogP contribution in [-0.2, 0) is 6.54 Å². The van der Waals surface area contributed by atoms with Crippen molar-refractivity contribution in [3.8, 4) is 5.75 Å². The second-order valence-corrected chi connectivity index (χ2v) is 4.93. The normalized spacial score (nSPS) is 21.9. The number of hydrogen-bond acceptors (Lipinski definition) is 3. The average molecular weight is 291 g/mol. The van der Waals surface area contributed by atoms with Crippen LogP contribution >= 0.6 is 24.0 Å². The lowest BCUT2D eigenvalue weighted by Gasteiger charge is -2.33. The van der Waals surface area contributed by atoms with Gasteiger partial charge < -0.3 is 15.8 Å². The summed E-state index contributed by atoms with van der Waals surface area (Å²) in [5, 5.41) is 4.22. The first-order valence-corrected chi connectivity index (χ1v) is 6.47. The average Bonchev–Trinajstić information content (AvgIpc) is 2.26. The van der Waals surface area contributed by atoms with E-state index in [1.54, 1.807) is 0 Å². The van der Waals surface area contributed by atoms with Gasteiger partial charge in [0.15, 0.2) is 0 Å². The van der Waals surface area contributed by atoms with Gasteiger partial charge in [0.1, 0.15) is 5.75 Å². The van der Waals surface area contributed by atoms with E-state index in [0.29, 0.717) is 18.7 Å². The molecule has 0 aromatic heterocycles. The first-order valence-electron chi connectivity index (χ1n) is 6.09. The van der Waals surface area contributed by atoms with Gasteiger partial charge in [-0.25, -0.2) is 0 Å². The van der Waals surface area contributed by atoms with Gasteiger partial charge in [0.2, 0.25) is 0 Å². The molecule has 0 aliphatic heterocycles. The summed E-state index contributed by atoms with van der Waals surface area (Å²) in [6, 6.07) is 6.65. The van der Waals surface area contributed by atoms with Crippen LogP contribution in [0.3, 0.4) is 0 Å². The maximum Gasteiger partial charge on any atom is 0.123 e. The number of halogens is 2. The van der Waals surface area contributed by atoms with Gasteiger partial charge in [0, 0.05) is 29.2 Å². The molecule has 0 radical (unpaired) electrons. The Labute approximate surface area is 119 Å². The molecule has 102 valence electrons. The van der Waals surface area contributed by atoms with E-state index >= 15 is 0 Å². The zero-order valence-electron chi connectivity index (χ0n) is 10.5. The van der Waals surface area contributed by atoms with E-state index in [2.05, 4.69) is 5.32 Å². The summed E-state index contributed by atoms with van der Waals surface area (Å²) in [4.78, 5) is 0. The van der Waals surface area contributed by atoms with Crippen LogP contribution in [0, 0.1) is 0 Å². The third-order valence-corrected chi connectivity index (χ3v) is 3.31. The van der Waals surface area contributed by atoms with Crippen molar-refractivity contribution in [2.45, 2.75) is 38.4 Å². The summed E-state index contributed by atoms with van der Waals surface area (Å²) in [5.74, 6) is 0.910. The van der Waals surface area contributed by atoms with Crippen molar-refractivity contribution in [1.29, 1.82) is 0 Å². The highest BCUT2D eigenvalue weighted by atomic mass is 35.5. The van der Waals surface area contributed by atoms with Gasteiger partial charge in [-0.1, -0.05) is 11.6 Å². The number of nitrogens with one attached hydrogen (secondary N) is 1. The molecule has 1 aliphatic carbocycles. The van der Waals surface area contributed by atoms with E-state index in [-0.39, 0.29) is 12.4 Å². The summed E-state index contributed by atoms with van der Waals surface area (Å²) in [5.41, 5.74) is 6.86. The minimum atomic E-state index is 0. The van der Waals surface area contributed by atoms with Crippen LogP contribution in [0.4, 0.5) is 0 Å². The lowest BCUT2D eigenvalue weighted by atomic mass is 9.87. The summed E-state index contributed by atoms with van der Waals surface area (Å²) in [7, 11) is 0. The Morgan fingerprint density at radius 3 is 2.78 bits per heavy atom. The van der Waals surface area contributed by atoms with Crippen LogP contribution < -0.4 is 15.8 Å². The quantitative estimate of drug-likeness (QED) is 0.877. The highest BCUT2D eigenvalue weighted by molar-refractivity contribution is 6.30. The zero-order valence-corrected chi connectivity index (χ0v) is 12.1. The third-order valence-electron chi connectivity index (χ3n) is 3.08. The fraction of sp³-hybridized carbons (Fsp3) is 0.538. The predicted octanol–water partition coefficient (Wildman–Crippen LogP) is 2.74. The van der Waals surface area contributed by atoms with Crippen molar-refractivity contribution in [3.63, 3.8) is 0 Å². The highest BCUT2D eigenvalue weighted by Gasteiger charge is 2.25.